The molecule has 1 aromatic carbocycles. The van der Waals surface area contributed by atoms with Crippen LogP contribution in [-0.2, 0) is 16.2 Å². The Morgan fingerprint density at radius 1 is 1.26 bits per heavy atom. The molecule has 104 valence electrons. The van der Waals surface area contributed by atoms with Crippen LogP contribution in [0.1, 0.15) is 18.4 Å². The maximum atomic E-state index is 11.9. The molecule has 5 heteroatoms. The summed E-state index contributed by atoms with van der Waals surface area (Å²) in [6, 6.07) is 9.69. The van der Waals surface area contributed by atoms with Crippen LogP contribution in [0, 0.1) is 5.92 Å². The molecule has 0 saturated carbocycles. The summed E-state index contributed by atoms with van der Waals surface area (Å²) >= 11 is 0. The van der Waals surface area contributed by atoms with Crippen LogP contribution in [0.4, 0.5) is 4.79 Å². The molecule has 0 bridgehead atoms. The van der Waals surface area contributed by atoms with Crippen molar-refractivity contribution in [2.45, 2.75) is 19.4 Å². The first-order chi connectivity index (χ1) is 9.29. The van der Waals surface area contributed by atoms with Crippen LogP contribution >= 0.6 is 0 Å². The quantitative estimate of drug-likeness (QED) is 0.844. The third kappa shape index (κ3) is 4.22. The standard InChI is InChI=1S/C14H20N2O3/c15-19-11-13-6-8-16(9-7-13)14(17)18-10-12-4-2-1-3-5-12/h1-5,13H,6-11,15H2. The van der Waals surface area contributed by atoms with Crippen LogP contribution in [0.15, 0.2) is 30.3 Å². The van der Waals surface area contributed by atoms with Gasteiger partial charge in [-0.25, -0.2) is 10.7 Å². The van der Waals surface area contributed by atoms with Gasteiger partial charge in [-0.1, -0.05) is 30.3 Å². The average Bonchev–Trinajstić information content (AvgIpc) is 2.47. The Morgan fingerprint density at radius 2 is 1.95 bits per heavy atom. The average molecular weight is 264 g/mol. The largest absolute Gasteiger partial charge is 0.445 e. The van der Waals surface area contributed by atoms with Crippen molar-refractivity contribution in [2.24, 2.45) is 11.8 Å². The lowest BCUT2D eigenvalue weighted by Crippen LogP contribution is -2.39. The van der Waals surface area contributed by atoms with E-state index in [-0.39, 0.29) is 6.09 Å². The van der Waals surface area contributed by atoms with E-state index in [1.165, 1.54) is 0 Å². The summed E-state index contributed by atoms with van der Waals surface area (Å²) in [7, 11) is 0. The Kier molecular flexibility index (Phi) is 5.18. The lowest BCUT2D eigenvalue weighted by atomic mass is 9.98. The number of hydrogen-bond acceptors (Lipinski definition) is 4. The molecule has 1 heterocycles. The smallest absolute Gasteiger partial charge is 0.410 e. The highest BCUT2D eigenvalue weighted by Crippen LogP contribution is 2.18. The van der Waals surface area contributed by atoms with Gasteiger partial charge in [0.25, 0.3) is 0 Å². The second-order valence-corrected chi connectivity index (χ2v) is 4.80. The summed E-state index contributed by atoms with van der Waals surface area (Å²) in [6.45, 7) is 2.31. The minimum absolute atomic E-state index is 0.240. The number of benzene rings is 1. The Labute approximate surface area is 113 Å². The molecule has 1 aliphatic heterocycles. The summed E-state index contributed by atoms with van der Waals surface area (Å²) in [4.78, 5) is 18.3. The van der Waals surface area contributed by atoms with Gasteiger partial charge in [-0.2, -0.15) is 0 Å². The number of ether oxygens (including phenoxy) is 1. The van der Waals surface area contributed by atoms with Gasteiger partial charge in [0, 0.05) is 13.1 Å². The summed E-state index contributed by atoms with van der Waals surface area (Å²) in [5.41, 5.74) is 1.00. The fraction of sp³-hybridized carbons (Fsp3) is 0.500. The van der Waals surface area contributed by atoms with Gasteiger partial charge in [0.1, 0.15) is 6.61 Å². The topological polar surface area (TPSA) is 64.8 Å². The van der Waals surface area contributed by atoms with Crippen LogP contribution in [0.25, 0.3) is 0 Å². The first kappa shape index (κ1) is 13.8. The molecule has 19 heavy (non-hydrogen) atoms. The van der Waals surface area contributed by atoms with Crippen molar-refractivity contribution in [3.05, 3.63) is 35.9 Å². The highest BCUT2D eigenvalue weighted by molar-refractivity contribution is 5.67. The zero-order valence-corrected chi connectivity index (χ0v) is 11.0. The van der Waals surface area contributed by atoms with E-state index >= 15 is 0 Å². The van der Waals surface area contributed by atoms with Crippen molar-refractivity contribution in [3.63, 3.8) is 0 Å². The van der Waals surface area contributed by atoms with Gasteiger partial charge >= 0.3 is 6.09 Å². The number of likely N-dealkylation sites (tertiary alicyclic amines) is 1. The number of carbonyl (C=O) groups excluding carboxylic acids is 1. The fourth-order valence-electron chi connectivity index (χ4n) is 2.23. The van der Waals surface area contributed by atoms with Gasteiger partial charge in [0.05, 0.1) is 6.61 Å². The Balaban J connectivity index is 1.73. The summed E-state index contributed by atoms with van der Waals surface area (Å²) < 4.78 is 5.29. The van der Waals surface area contributed by atoms with E-state index in [0.717, 1.165) is 18.4 Å². The van der Waals surface area contributed by atoms with Crippen LogP contribution in [0.5, 0.6) is 0 Å². The van der Waals surface area contributed by atoms with E-state index in [1.807, 2.05) is 30.3 Å². The predicted octanol–water partition coefficient (Wildman–Crippen LogP) is 1.93. The normalized spacial score (nSPS) is 16.4. The van der Waals surface area contributed by atoms with Crippen molar-refractivity contribution < 1.29 is 14.4 Å². The van der Waals surface area contributed by atoms with Gasteiger partial charge in [0.15, 0.2) is 0 Å². The Hall–Kier alpha value is -1.59. The minimum Gasteiger partial charge on any atom is -0.445 e. The van der Waals surface area contributed by atoms with Crippen molar-refractivity contribution in [3.8, 4) is 0 Å². The molecule has 0 aliphatic carbocycles. The van der Waals surface area contributed by atoms with Crippen molar-refractivity contribution in [1.29, 1.82) is 0 Å². The zero-order chi connectivity index (χ0) is 13.5. The number of nitrogens with zero attached hydrogens (tertiary/aromatic N) is 1. The van der Waals surface area contributed by atoms with Crippen molar-refractivity contribution >= 4 is 6.09 Å². The van der Waals surface area contributed by atoms with E-state index in [0.29, 0.717) is 32.2 Å². The van der Waals surface area contributed by atoms with E-state index in [4.69, 9.17) is 10.6 Å². The van der Waals surface area contributed by atoms with Crippen LogP contribution in [0.3, 0.4) is 0 Å². The molecule has 1 saturated heterocycles. The summed E-state index contributed by atoms with van der Waals surface area (Å²) in [5.74, 6) is 5.51. The molecule has 5 nitrogen and oxygen atoms in total. The molecule has 0 spiro atoms. The third-order valence-electron chi connectivity index (χ3n) is 3.41. The van der Waals surface area contributed by atoms with E-state index in [9.17, 15) is 4.79 Å². The van der Waals surface area contributed by atoms with E-state index in [1.54, 1.807) is 4.90 Å². The molecule has 0 radical (unpaired) electrons. The molecule has 0 atom stereocenters. The van der Waals surface area contributed by atoms with Gasteiger partial charge < -0.3 is 14.5 Å². The molecule has 2 rings (SSSR count). The summed E-state index contributed by atoms with van der Waals surface area (Å²) in [6.07, 6.45) is 1.59. The van der Waals surface area contributed by atoms with Crippen LogP contribution in [0.2, 0.25) is 0 Å². The van der Waals surface area contributed by atoms with E-state index in [2.05, 4.69) is 4.84 Å². The van der Waals surface area contributed by atoms with Gasteiger partial charge in [0.2, 0.25) is 0 Å². The van der Waals surface area contributed by atoms with E-state index < -0.39 is 0 Å². The third-order valence-corrected chi connectivity index (χ3v) is 3.41. The zero-order valence-electron chi connectivity index (χ0n) is 11.0. The first-order valence-corrected chi connectivity index (χ1v) is 6.57. The lowest BCUT2D eigenvalue weighted by Gasteiger charge is -2.30. The number of nitrogens with two attached hydrogens (primary N) is 1. The van der Waals surface area contributed by atoms with Crippen molar-refractivity contribution in [1.82, 2.24) is 4.90 Å². The fourth-order valence-corrected chi connectivity index (χ4v) is 2.23. The Morgan fingerprint density at radius 3 is 2.58 bits per heavy atom. The molecule has 1 amide bonds. The number of piperidine rings is 1. The van der Waals surface area contributed by atoms with Crippen molar-refractivity contribution in [2.75, 3.05) is 19.7 Å². The van der Waals surface area contributed by atoms with Gasteiger partial charge in [-0.05, 0) is 24.3 Å². The summed E-state index contributed by atoms with van der Waals surface area (Å²) in [5, 5.41) is 0. The van der Waals surface area contributed by atoms with Crippen LogP contribution < -0.4 is 5.90 Å². The molecule has 1 aromatic rings. The predicted molar refractivity (Wildman–Crippen MR) is 71.1 cm³/mol. The molecule has 0 unspecified atom stereocenters. The number of rotatable bonds is 4. The first-order valence-electron chi connectivity index (χ1n) is 6.57. The molecular formula is C14H20N2O3. The highest BCUT2D eigenvalue weighted by atomic mass is 16.6. The highest BCUT2D eigenvalue weighted by Gasteiger charge is 2.23. The number of hydrogen-bond donors (Lipinski definition) is 1. The lowest BCUT2D eigenvalue weighted by molar-refractivity contribution is 0.0530. The molecule has 1 fully saturated rings. The molecule has 2 N–H and O–H groups in total. The number of carbonyl (C=O) groups is 1. The second-order valence-electron chi connectivity index (χ2n) is 4.80. The maximum absolute atomic E-state index is 11.9. The van der Waals surface area contributed by atoms with Gasteiger partial charge in [-0.15, -0.1) is 0 Å². The Bertz CT molecular complexity index is 389. The SMILES string of the molecule is NOCC1CCN(C(=O)OCc2ccccc2)CC1. The monoisotopic (exact) mass is 264 g/mol. The molecule has 1 aliphatic rings. The van der Waals surface area contributed by atoms with Gasteiger partial charge in [-0.3, -0.25) is 0 Å². The second kappa shape index (κ2) is 7.11. The minimum atomic E-state index is -0.240. The maximum Gasteiger partial charge on any atom is 0.410 e. The molecular weight excluding hydrogens is 244 g/mol. The number of amides is 1. The van der Waals surface area contributed by atoms with Crippen LogP contribution in [-0.4, -0.2) is 30.7 Å². The molecule has 0 aromatic heterocycles.